The number of nitrogens with zero attached hydrogens (tertiary/aromatic N) is 2. The zero-order chi connectivity index (χ0) is 18.0. The summed E-state index contributed by atoms with van der Waals surface area (Å²) in [6.45, 7) is 3.86. The highest BCUT2D eigenvalue weighted by atomic mass is 32.1. The molecule has 7 heteroatoms. The van der Waals surface area contributed by atoms with Crippen molar-refractivity contribution >= 4 is 22.4 Å². The zero-order valence-corrected chi connectivity index (χ0v) is 14.6. The molecule has 0 aliphatic rings. The van der Waals surface area contributed by atoms with Crippen molar-refractivity contribution < 1.29 is 9.18 Å². The number of thiazole rings is 1. The van der Waals surface area contributed by atoms with Gasteiger partial charge in [0.2, 0.25) is 0 Å². The van der Waals surface area contributed by atoms with Crippen LogP contribution in [0, 0.1) is 19.7 Å². The molecular formula is C18H16FN3O2S. The first-order chi connectivity index (χ1) is 11.9. The van der Waals surface area contributed by atoms with Crippen molar-refractivity contribution in [1.29, 1.82) is 0 Å². The van der Waals surface area contributed by atoms with E-state index in [0.717, 1.165) is 10.6 Å². The van der Waals surface area contributed by atoms with E-state index in [0.29, 0.717) is 16.3 Å². The molecule has 5 nitrogen and oxygen atoms in total. The van der Waals surface area contributed by atoms with Crippen molar-refractivity contribution in [3.8, 4) is 0 Å². The summed E-state index contributed by atoms with van der Waals surface area (Å²) in [5.41, 5.74) is 1.25. The lowest BCUT2D eigenvalue weighted by Crippen LogP contribution is -2.23. The number of rotatable bonds is 4. The highest BCUT2D eigenvalue weighted by Gasteiger charge is 2.12. The molecule has 0 unspecified atom stereocenters. The fourth-order valence-electron chi connectivity index (χ4n) is 2.29. The summed E-state index contributed by atoms with van der Waals surface area (Å²) < 4.78 is 15.1. The number of hydrogen-bond acceptors (Lipinski definition) is 4. The van der Waals surface area contributed by atoms with E-state index in [1.54, 1.807) is 18.2 Å². The van der Waals surface area contributed by atoms with Gasteiger partial charge in [-0.05, 0) is 26.0 Å². The second-order valence-corrected chi connectivity index (χ2v) is 6.79. The van der Waals surface area contributed by atoms with Crippen LogP contribution in [0.15, 0.2) is 47.4 Å². The highest BCUT2D eigenvalue weighted by Crippen LogP contribution is 2.21. The van der Waals surface area contributed by atoms with E-state index in [-0.39, 0.29) is 18.0 Å². The average Bonchev–Trinajstić information content (AvgIpc) is 2.89. The number of halogens is 1. The van der Waals surface area contributed by atoms with Gasteiger partial charge in [0.1, 0.15) is 5.82 Å². The van der Waals surface area contributed by atoms with Crippen LogP contribution in [-0.4, -0.2) is 15.5 Å². The molecule has 1 N–H and O–H groups in total. The van der Waals surface area contributed by atoms with E-state index < -0.39 is 5.82 Å². The maximum Gasteiger partial charge on any atom is 0.258 e. The summed E-state index contributed by atoms with van der Waals surface area (Å²) in [6.07, 6.45) is 1.43. The van der Waals surface area contributed by atoms with Crippen LogP contribution in [0.1, 0.15) is 26.5 Å². The normalized spacial score (nSPS) is 10.7. The van der Waals surface area contributed by atoms with Crippen molar-refractivity contribution in [3.05, 3.63) is 80.5 Å². The average molecular weight is 357 g/mol. The second-order valence-electron chi connectivity index (χ2n) is 5.59. The Morgan fingerprint density at radius 2 is 2.00 bits per heavy atom. The molecule has 0 aliphatic heterocycles. The van der Waals surface area contributed by atoms with Gasteiger partial charge in [0, 0.05) is 22.7 Å². The first-order valence-corrected chi connectivity index (χ1v) is 8.45. The molecule has 25 heavy (non-hydrogen) atoms. The van der Waals surface area contributed by atoms with E-state index >= 15 is 0 Å². The summed E-state index contributed by atoms with van der Waals surface area (Å²) in [7, 11) is 0. The van der Waals surface area contributed by atoms with Crippen LogP contribution in [0.25, 0.3) is 0 Å². The van der Waals surface area contributed by atoms with Crippen molar-refractivity contribution in [2.24, 2.45) is 0 Å². The third kappa shape index (κ3) is 3.83. The third-order valence-electron chi connectivity index (χ3n) is 3.79. The number of hydrogen-bond donors (Lipinski definition) is 1. The van der Waals surface area contributed by atoms with E-state index in [1.165, 1.54) is 40.3 Å². The van der Waals surface area contributed by atoms with E-state index in [9.17, 15) is 14.0 Å². The summed E-state index contributed by atoms with van der Waals surface area (Å²) in [5.74, 6) is -0.756. The Bertz CT molecular complexity index is 974. The van der Waals surface area contributed by atoms with Gasteiger partial charge in [-0.2, -0.15) is 0 Å². The summed E-state index contributed by atoms with van der Waals surface area (Å²) >= 11 is 1.39. The largest absolute Gasteiger partial charge is 0.310 e. The maximum atomic E-state index is 13.8. The van der Waals surface area contributed by atoms with Crippen molar-refractivity contribution in [3.63, 3.8) is 0 Å². The molecular weight excluding hydrogens is 341 g/mol. The first kappa shape index (κ1) is 17.0. The molecule has 0 fully saturated rings. The lowest BCUT2D eigenvalue weighted by molar-refractivity contribution is 0.102. The molecule has 128 valence electrons. The lowest BCUT2D eigenvalue weighted by Gasteiger charge is -2.09. The predicted octanol–water partition coefficient (Wildman–Crippen LogP) is 3.36. The Kier molecular flexibility index (Phi) is 4.76. The molecule has 0 bridgehead atoms. The smallest absolute Gasteiger partial charge is 0.258 e. The minimum absolute atomic E-state index is 0.0576. The minimum atomic E-state index is -0.391. The number of carbonyl (C=O) groups excluding carboxylic acids is 1. The Balaban J connectivity index is 1.84. The Morgan fingerprint density at radius 3 is 2.68 bits per heavy atom. The SMILES string of the molecule is Cc1nc(NC(=O)c2ccc(=O)n(Cc3ccccc3F)c2)sc1C. The van der Waals surface area contributed by atoms with Gasteiger partial charge in [-0.1, -0.05) is 18.2 Å². The number of aromatic nitrogens is 2. The quantitative estimate of drug-likeness (QED) is 0.779. The third-order valence-corrected chi connectivity index (χ3v) is 4.78. The molecule has 3 rings (SSSR count). The minimum Gasteiger partial charge on any atom is -0.310 e. The number of benzene rings is 1. The van der Waals surface area contributed by atoms with Gasteiger partial charge in [0.05, 0.1) is 17.8 Å². The van der Waals surface area contributed by atoms with Gasteiger partial charge in [0.15, 0.2) is 5.13 Å². The number of carbonyl (C=O) groups is 1. The fraction of sp³-hybridized carbons (Fsp3) is 0.167. The lowest BCUT2D eigenvalue weighted by atomic mass is 10.2. The topological polar surface area (TPSA) is 64.0 Å². The monoisotopic (exact) mass is 357 g/mol. The number of aryl methyl sites for hydroxylation is 2. The molecule has 0 atom stereocenters. The van der Waals surface area contributed by atoms with Crippen molar-refractivity contribution in [1.82, 2.24) is 9.55 Å². The van der Waals surface area contributed by atoms with Crippen LogP contribution < -0.4 is 10.9 Å². The Labute approximate surface area is 147 Å². The summed E-state index contributed by atoms with van der Waals surface area (Å²) in [5, 5.41) is 3.23. The molecule has 0 spiro atoms. The fourth-order valence-corrected chi connectivity index (χ4v) is 3.10. The van der Waals surface area contributed by atoms with Crippen molar-refractivity contribution in [2.45, 2.75) is 20.4 Å². The number of anilines is 1. The molecule has 2 aromatic heterocycles. The number of nitrogens with one attached hydrogen (secondary N) is 1. The molecule has 0 saturated carbocycles. The van der Waals surface area contributed by atoms with Crippen LogP contribution in [0.5, 0.6) is 0 Å². The first-order valence-electron chi connectivity index (χ1n) is 7.63. The predicted molar refractivity (Wildman–Crippen MR) is 95.7 cm³/mol. The molecule has 0 aliphatic carbocycles. The number of pyridine rings is 1. The molecule has 0 radical (unpaired) electrons. The Morgan fingerprint density at radius 1 is 1.24 bits per heavy atom. The standard InChI is InChI=1S/C18H16FN3O2S/c1-11-12(2)25-18(20-11)21-17(24)14-7-8-16(23)22(10-14)9-13-5-3-4-6-15(13)19/h3-8,10H,9H2,1-2H3,(H,20,21,24). The zero-order valence-electron chi connectivity index (χ0n) is 13.7. The van der Waals surface area contributed by atoms with Gasteiger partial charge >= 0.3 is 0 Å². The van der Waals surface area contributed by atoms with Gasteiger partial charge < -0.3 is 4.57 Å². The maximum absolute atomic E-state index is 13.8. The molecule has 0 saturated heterocycles. The van der Waals surface area contributed by atoms with E-state index in [4.69, 9.17) is 0 Å². The van der Waals surface area contributed by atoms with Gasteiger partial charge in [-0.3, -0.25) is 14.9 Å². The molecule has 2 heterocycles. The summed E-state index contributed by atoms with van der Waals surface area (Å²) in [6, 6.07) is 8.98. The molecule has 1 amide bonds. The Hall–Kier alpha value is -2.80. The van der Waals surface area contributed by atoms with Crippen LogP contribution in [0.4, 0.5) is 9.52 Å². The van der Waals surface area contributed by atoms with Gasteiger partial charge in [0.25, 0.3) is 11.5 Å². The summed E-state index contributed by atoms with van der Waals surface area (Å²) in [4.78, 5) is 29.7. The number of amides is 1. The van der Waals surface area contributed by atoms with Gasteiger partial charge in [-0.25, -0.2) is 9.37 Å². The van der Waals surface area contributed by atoms with E-state index in [2.05, 4.69) is 10.3 Å². The van der Waals surface area contributed by atoms with Crippen LogP contribution in [0.2, 0.25) is 0 Å². The second kappa shape index (κ2) is 6.98. The van der Waals surface area contributed by atoms with Gasteiger partial charge in [-0.15, -0.1) is 11.3 Å². The van der Waals surface area contributed by atoms with Crippen LogP contribution >= 0.6 is 11.3 Å². The molecule has 1 aromatic carbocycles. The van der Waals surface area contributed by atoms with E-state index in [1.807, 2.05) is 13.8 Å². The van der Waals surface area contributed by atoms with Crippen LogP contribution in [0.3, 0.4) is 0 Å². The van der Waals surface area contributed by atoms with Crippen LogP contribution in [-0.2, 0) is 6.54 Å². The van der Waals surface area contributed by atoms with Crippen molar-refractivity contribution in [2.75, 3.05) is 5.32 Å². The highest BCUT2D eigenvalue weighted by molar-refractivity contribution is 7.15. The molecule has 3 aromatic rings.